The first-order chi connectivity index (χ1) is 8.20. The Labute approximate surface area is 99.4 Å². The van der Waals surface area contributed by atoms with Gasteiger partial charge in [0, 0.05) is 19.0 Å². The lowest BCUT2D eigenvalue weighted by molar-refractivity contribution is 0.132. The van der Waals surface area contributed by atoms with Gasteiger partial charge in [-0.2, -0.15) is 0 Å². The van der Waals surface area contributed by atoms with Crippen molar-refractivity contribution >= 4 is 12.2 Å². The van der Waals surface area contributed by atoms with Gasteiger partial charge in [-0.05, 0) is 18.9 Å². The lowest BCUT2D eigenvalue weighted by Gasteiger charge is -2.27. The number of amides is 1. The number of aromatic nitrogens is 2. The van der Waals surface area contributed by atoms with Gasteiger partial charge in [-0.25, -0.2) is 9.78 Å². The Bertz CT molecular complexity index is 488. The van der Waals surface area contributed by atoms with E-state index in [0.29, 0.717) is 25.6 Å². The molecule has 17 heavy (non-hydrogen) atoms. The van der Waals surface area contributed by atoms with Crippen LogP contribution in [0.2, 0.25) is 0 Å². The second-order valence-electron chi connectivity index (χ2n) is 4.64. The van der Waals surface area contributed by atoms with E-state index in [4.69, 9.17) is 5.11 Å². The highest BCUT2D eigenvalue weighted by molar-refractivity contribution is 5.65. The van der Waals surface area contributed by atoms with Crippen LogP contribution < -0.4 is 0 Å². The highest BCUT2D eigenvalue weighted by Gasteiger charge is 2.33. The molecular weight excluding hydrogens is 218 g/mol. The summed E-state index contributed by atoms with van der Waals surface area (Å²) in [6.07, 6.45) is 3.27. The maximum atomic E-state index is 11.0. The number of carboxylic acid groups (broad SMARTS) is 1. The van der Waals surface area contributed by atoms with Crippen LogP contribution in [0.25, 0.3) is 6.08 Å². The quantitative estimate of drug-likeness (QED) is 0.848. The summed E-state index contributed by atoms with van der Waals surface area (Å²) < 4.78 is 2.19. The molecule has 1 amide bonds. The molecule has 1 N–H and O–H groups in total. The molecule has 1 aliphatic heterocycles. The predicted molar refractivity (Wildman–Crippen MR) is 62.7 cm³/mol. The van der Waals surface area contributed by atoms with Gasteiger partial charge in [0.25, 0.3) is 0 Å². The molecule has 1 aliphatic carbocycles. The van der Waals surface area contributed by atoms with Crippen molar-refractivity contribution in [1.29, 1.82) is 0 Å². The number of fused-ring (bicyclic) bond motifs is 1. The van der Waals surface area contributed by atoms with Crippen molar-refractivity contribution in [2.24, 2.45) is 0 Å². The van der Waals surface area contributed by atoms with Crippen LogP contribution in [0.1, 0.15) is 36.0 Å². The van der Waals surface area contributed by atoms with Crippen molar-refractivity contribution in [3.05, 3.63) is 23.8 Å². The molecule has 90 valence electrons. The van der Waals surface area contributed by atoms with Crippen LogP contribution >= 0.6 is 0 Å². The smallest absolute Gasteiger partial charge is 0.407 e. The van der Waals surface area contributed by atoms with E-state index in [1.807, 2.05) is 0 Å². The van der Waals surface area contributed by atoms with Crippen molar-refractivity contribution in [3.63, 3.8) is 0 Å². The summed E-state index contributed by atoms with van der Waals surface area (Å²) in [7, 11) is 0. The first-order valence-corrected chi connectivity index (χ1v) is 5.90. The highest BCUT2D eigenvalue weighted by Crippen LogP contribution is 2.41. The number of hydrogen-bond acceptors (Lipinski definition) is 2. The fourth-order valence-corrected chi connectivity index (χ4v) is 2.40. The molecule has 1 aromatic rings. The fraction of sp³-hybridized carbons (Fsp3) is 0.500. The Balaban J connectivity index is 2.00. The van der Waals surface area contributed by atoms with Crippen LogP contribution in [0, 0.1) is 0 Å². The largest absolute Gasteiger partial charge is 0.465 e. The summed E-state index contributed by atoms with van der Waals surface area (Å²) in [6, 6.07) is 0. The van der Waals surface area contributed by atoms with Crippen molar-refractivity contribution in [2.75, 3.05) is 6.54 Å². The Kier molecular flexibility index (Phi) is 2.21. The normalized spacial score (nSPS) is 18.9. The van der Waals surface area contributed by atoms with Crippen LogP contribution in [0.3, 0.4) is 0 Å². The number of nitrogens with zero attached hydrogens (tertiary/aromatic N) is 3. The van der Waals surface area contributed by atoms with Gasteiger partial charge in [-0.15, -0.1) is 0 Å². The maximum Gasteiger partial charge on any atom is 0.407 e. The van der Waals surface area contributed by atoms with E-state index in [1.165, 1.54) is 17.7 Å². The van der Waals surface area contributed by atoms with Crippen LogP contribution in [0.15, 0.2) is 6.58 Å². The molecule has 5 nitrogen and oxygen atoms in total. The third kappa shape index (κ3) is 1.62. The molecule has 1 aromatic heterocycles. The molecule has 1 fully saturated rings. The summed E-state index contributed by atoms with van der Waals surface area (Å²) in [5, 5.41) is 9.03. The second kappa shape index (κ2) is 3.61. The Hall–Kier alpha value is -1.78. The van der Waals surface area contributed by atoms with E-state index >= 15 is 0 Å². The third-order valence-corrected chi connectivity index (χ3v) is 3.47. The van der Waals surface area contributed by atoms with Crippen LogP contribution in [0.5, 0.6) is 0 Å². The van der Waals surface area contributed by atoms with Crippen molar-refractivity contribution in [1.82, 2.24) is 14.5 Å². The molecule has 2 aliphatic rings. The van der Waals surface area contributed by atoms with Gasteiger partial charge in [0.2, 0.25) is 0 Å². The lowest BCUT2D eigenvalue weighted by Crippen LogP contribution is -2.37. The zero-order chi connectivity index (χ0) is 12.0. The van der Waals surface area contributed by atoms with E-state index in [9.17, 15) is 4.79 Å². The second-order valence-corrected chi connectivity index (χ2v) is 4.64. The van der Waals surface area contributed by atoms with E-state index in [1.54, 1.807) is 6.08 Å². The van der Waals surface area contributed by atoms with Gasteiger partial charge in [-0.1, -0.05) is 6.58 Å². The van der Waals surface area contributed by atoms with Crippen molar-refractivity contribution in [3.8, 4) is 0 Å². The number of imidazole rings is 1. The summed E-state index contributed by atoms with van der Waals surface area (Å²) >= 11 is 0. The molecule has 0 atom stereocenters. The molecule has 0 aromatic carbocycles. The maximum absolute atomic E-state index is 11.0. The molecule has 0 unspecified atom stereocenters. The molecule has 0 radical (unpaired) electrons. The van der Waals surface area contributed by atoms with Gasteiger partial charge < -0.3 is 14.6 Å². The zero-order valence-electron chi connectivity index (χ0n) is 9.59. The standard InChI is InChI=1S/C12H15N3O2/c1-2-9-10-7-14(12(16)17)5-6-15(10)11(13-9)8-3-4-8/h2,8H,1,3-7H2,(H,16,17). The molecule has 1 saturated carbocycles. The molecule has 2 heterocycles. The topological polar surface area (TPSA) is 58.4 Å². The van der Waals surface area contributed by atoms with Crippen molar-refractivity contribution < 1.29 is 9.90 Å². The van der Waals surface area contributed by atoms with E-state index in [0.717, 1.165) is 17.2 Å². The zero-order valence-corrected chi connectivity index (χ0v) is 9.59. The van der Waals surface area contributed by atoms with E-state index < -0.39 is 6.09 Å². The SMILES string of the molecule is C=Cc1nc(C2CC2)n2c1CN(C(=O)O)CC2. The summed E-state index contributed by atoms with van der Waals surface area (Å²) in [4.78, 5) is 17.0. The lowest BCUT2D eigenvalue weighted by atomic mass is 10.2. The van der Waals surface area contributed by atoms with Gasteiger partial charge in [0.05, 0.1) is 17.9 Å². The van der Waals surface area contributed by atoms with Crippen LogP contribution in [-0.4, -0.2) is 32.2 Å². The monoisotopic (exact) mass is 233 g/mol. The van der Waals surface area contributed by atoms with Gasteiger partial charge >= 0.3 is 6.09 Å². The van der Waals surface area contributed by atoms with E-state index in [-0.39, 0.29) is 0 Å². The number of carbonyl (C=O) groups is 1. The number of hydrogen-bond donors (Lipinski definition) is 1. The van der Waals surface area contributed by atoms with E-state index in [2.05, 4.69) is 16.1 Å². The number of rotatable bonds is 2. The van der Waals surface area contributed by atoms with Crippen molar-refractivity contribution in [2.45, 2.75) is 31.8 Å². The average Bonchev–Trinajstić information content (AvgIpc) is 3.10. The molecule has 3 rings (SSSR count). The first kappa shape index (κ1) is 10.4. The molecular formula is C12H15N3O2. The molecule has 0 spiro atoms. The predicted octanol–water partition coefficient (Wildman–Crippen LogP) is 1.90. The van der Waals surface area contributed by atoms with Gasteiger partial charge in [0.15, 0.2) is 0 Å². The minimum Gasteiger partial charge on any atom is -0.465 e. The summed E-state index contributed by atoms with van der Waals surface area (Å²) in [6.45, 7) is 5.45. The minimum absolute atomic E-state index is 0.427. The highest BCUT2D eigenvalue weighted by atomic mass is 16.4. The van der Waals surface area contributed by atoms with Crippen LogP contribution in [-0.2, 0) is 13.1 Å². The molecule has 5 heteroatoms. The average molecular weight is 233 g/mol. The Morgan fingerprint density at radius 3 is 2.82 bits per heavy atom. The van der Waals surface area contributed by atoms with Gasteiger partial charge in [0.1, 0.15) is 5.82 Å². The molecule has 0 saturated heterocycles. The molecule has 0 bridgehead atoms. The fourth-order valence-electron chi connectivity index (χ4n) is 2.40. The third-order valence-electron chi connectivity index (χ3n) is 3.47. The Morgan fingerprint density at radius 1 is 1.47 bits per heavy atom. The first-order valence-electron chi connectivity index (χ1n) is 5.90. The minimum atomic E-state index is -0.861. The summed E-state index contributed by atoms with van der Waals surface area (Å²) in [5.74, 6) is 1.71. The van der Waals surface area contributed by atoms with Gasteiger partial charge in [-0.3, -0.25) is 0 Å². The Morgan fingerprint density at radius 2 is 2.24 bits per heavy atom. The summed E-state index contributed by atoms with van der Waals surface area (Å²) in [5.41, 5.74) is 1.84. The van der Waals surface area contributed by atoms with Crippen LogP contribution in [0.4, 0.5) is 4.79 Å².